The first-order valence-corrected chi connectivity index (χ1v) is 31.2. The molecule has 16 heteroatoms. The van der Waals surface area contributed by atoms with Crippen LogP contribution in [0.3, 0.4) is 0 Å². The molecule has 2 aliphatic carbocycles. The number of benzene rings is 7. The Bertz CT molecular complexity index is 4800. The van der Waals surface area contributed by atoms with Gasteiger partial charge in [0, 0.05) is 84.5 Å². The molecule has 0 bridgehead atoms. The second-order valence-electron chi connectivity index (χ2n) is 21.2. The van der Waals surface area contributed by atoms with E-state index in [1.807, 2.05) is 76.2 Å². The third kappa shape index (κ3) is 7.17. The molecule has 398 valence electrons. The third-order valence-electron chi connectivity index (χ3n) is 16.5. The summed E-state index contributed by atoms with van der Waals surface area (Å²) >= 11 is 8.19. The van der Waals surface area contributed by atoms with Crippen molar-refractivity contribution in [3.63, 3.8) is 0 Å². The van der Waals surface area contributed by atoms with Crippen LogP contribution in [0.4, 0.5) is 8.78 Å². The van der Waals surface area contributed by atoms with Gasteiger partial charge in [0.05, 0.1) is 43.7 Å². The van der Waals surface area contributed by atoms with E-state index in [0.29, 0.717) is 42.9 Å². The summed E-state index contributed by atoms with van der Waals surface area (Å²) in [5, 5.41) is 38.5. The maximum atomic E-state index is 20.3. The Morgan fingerprint density at radius 1 is 0.417 bits per heavy atom. The van der Waals surface area contributed by atoms with Gasteiger partial charge in [0.15, 0.2) is 0 Å². The van der Waals surface area contributed by atoms with Crippen LogP contribution in [-0.2, 0) is 10.8 Å². The van der Waals surface area contributed by atoms with Crippen molar-refractivity contribution in [2.75, 3.05) is 0 Å². The van der Waals surface area contributed by atoms with Crippen molar-refractivity contribution >= 4 is 122 Å². The number of hydrogen-bond donors (Lipinski definition) is 0. The van der Waals surface area contributed by atoms with E-state index in [0.717, 1.165) is 119 Å². The first-order chi connectivity index (χ1) is 40.9. The maximum Gasteiger partial charge on any atom is 0.137 e. The average Bonchev–Trinajstić information content (AvgIpc) is 1.86. The molecular formula is C68H36F2N8S6. The van der Waals surface area contributed by atoms with Crippen LogP contribution >= 0.6 is 68.8 Å². The van der Waals surface area contributed by atoms with Gasteiger partial charge in [0.1, 0.15) is 69.1 Å². The number of aromatic nitrogens is 4. The lowest BCUT2D eigenvalue weighted by atomic mass is 9.65. The summed E-state index contributed by atoms with van der Waals surface area (Å²) in [6.45, 7) is 8.13. The van der Waals surface area contributed by atoms with Gasteiger partial charge in [-0.25, -0.2) is 8.78 Å². The van der Waals surface area contributed by atoms with Crippen LogP contribution in [0.1, 0.15) is 77.9 Å². The number of nitriles is 4. The molecule has 0 unspecified atom stereocenters. The van der Waals surface area contributed by atoms with Gasteiger partial charge in [-0.2, -0.15) is 38.5 Å². The number of fused-ring (bicyclic) bond motifs is 12. The van der Waals surface area contributed by atoms with Crippen molar-refractivity contribution in [1.29, 1.82) is 21.0 Å². The number of nitrogens with zero attached hydrogens (tertiary/aromatic N) is 8. The smallest absolute Gasteiger partial charge is 0.137 e. The number of halogens is 2. The second-order valence-corrected chi connectivity index (χ2v) is 26.5. The maximum absolute atomic E-state index is 20.3. The molecule has 0 saturated heterocycles. The van der Waals surface area contributed by atoms with Crippen molar-refractivity contribution in [2.45, 2.75) is 38.5 Å². The molecule has 0 spiro atoms. The first kappa shape index (κ1) is 51.7. The second kappa shape index (κ2) is 19.2. The molecule has 0 fully saturated rings. The van der Waals surface area contributed by atoms with E-state index in [-0.39, 0.29) is 33.4 Å². The van der Waals surface area contributed by atoms with Crippen molar-refractivity contribution in [3.05, 3.63) is 234 Å². The Balaban J connectivity index is 1.05. The Kier molecular flexibility index (Phi) is 11.8. The van der Waals surface area contributed by atoms with Gasteiger partial charge in [-0.15, -0.1) is 45.3 Å². The van der Waals surface area contributed by atoms with Crippen LogP contribution < -0.4 is 0 Å². The highest BCUT2D eigenvalue weighted by Gasteiger charge is 2.59. The van der Waals surface area contributed by atoms with Gasteiger partial charge in [-0.3, -0.25) is 0 Å². The lowest BCUT2D eigenvalue weighted by Gasteiger charge is -2.36. The molecule has 0 aliphatic heterocycles. The highest BCUT2D eigenvalue weighted by atomic mass is 32.1. The Morgan fingerprint density at radius 2 is 0.738 bits per heavy atom. The number of rotatable bonds is 8. The SMILES string of the molecule is Cc1ccc(C2(c3ccc(C)cc3)c3c(F)c4c(c(F)c3-c3sc5cc(-c6ccc(C=C(C#N)C#N)c7nsnc67)sc5c32)C(c2ccc(C)cc2)(c2ccc(C)cc2)c2c-4sc3cc(-c4ccc(C=C(C#N)C#N)c5nsnc45)sc23)cc1. The van der Waals surface area contributed by atoms with Gasteiger partial charge < -0.3 is 0 Å². The van der Waals surface area contributed by atoms with Gasteiger partial charge in [-0.1, -0.05) is 144 Å². The quantitative estimate of drug-likeness (QED) is 0.137. The number of thiophene rings is 4. The summed E-state index contributed by atoms with van der Waals surface area (Å²) < 4.78 is 63.0. The normalized spacial score (nSPS) is 13.3. The molecule has 2 aliphatic rings. The summed E-state index contributed by atoms with van der Waals surface area (Å²) in [4.78, 5) is 3.11. The fraction of sp³-hybridized carbons (Fsp3) is 0.0882. The Labute approximate surface area is 504 Å². The molecule has 6 heterocycles. The van der Waals surface area contributed by atoms with Crippen LogP contribution in [0.2, 0.25) is 0 Å². The Hall–Kier alpha value is -9.20. The largest absolute Gasteiger partial charge is 0.206 e. The minimum atomic E-state index is -1.36. The van der Waals surface area contributed by atoms with E-state index in [4.69, 9.17) is 8.75 Å². The number of aryl methyl sites for hydroxylation is 4. The van der Waals surface area contributed by atoms with E-state index < -0.39 is 22.5 Å². The predicted octanol–water partition coefficient (Wildman–Crippen LogP) is 18.7. The minimum absolute atomic E-state index is 0.0461. The summed E-state index contributed by atoms with van der Waals surface area (Å²) in [6.07, 6.45) is 3.05. The van der Waals surface area contributed by atoms with E-state index in [2.05, 4.69) is 118 Å². The molecule has 8 nitrogen and oxygen atoms in total. The summed E-state index contributed by atoms with van der Waals surface area (Å²) in [5.74, 6) is -0.957. The zero-order chi connectivity index (χ0) is 57.5. The van der Waals surface area contributed by atoms with Gasteiger partial charge in [0.25, 0.3) is 0 Å². The fourth-order valence-corrected chi connectivity index (χ4v) is 19.5. The van der Waals surface area contributed by atoms with Gasteiger partial charge in [-0.05, 0) is 74.2 Å². The predicted molar refractivity (Wildman–Crippen MR) is 338 cm³/mol. The lowest BCUT2D eigenvalue weighted by Crippen LogP contribution is -2.32. The monoisotopic (exact) mass is 1190 g/mol. The third-order valence-corrected chi connectivity index (χ3v) is 22.5. The highest BCUT2D eigenvalue weighted by molar-refractivity contribution is 7.32. The van der Waals surface area contributed by atoms with E-state index in [1.165, 1.54) is 34.8 Å². The molecule has 15 rings (SSSR count). The molecule has 0 radical (unpaired) electrons. The summed E-state index contributed by atoms with van der Waals surface area (Å²) in [7, 11) is 0. The van der Waals surface area contributed by atoms with Crippen molar-refractivity contribution in [3.8, 4) is 66.0 Å². The van der Waals surface area contributed by atoms with Crippen molar-refractivity contribution in [2.24, 2.45) is 0 Å². The first-order valence-electron chi connectivity index (χ1n) is 26.4. The average molecular weight is 1200 g/mol. The van der Waals surface area contributed by atoms with Crippen LogP contribution in [0.25, 0.3) is 94.8 Å². The molecule has 0 saturated carbocycles. The van der Waals surface area contributed by atoms with Crippen molar-refractivity contribution in [1.82, 2.24) is 17.5 Å². The zero-order valence-electron chi connectivity index (χ0n) is 44.6. The summed E-state index contributed by atoms with van der Waals surface area (Å²) in [5.41, 5.74) is 12.4. The van der Waals surface area contributed by atoms with Gasteiger partial charge in [0.2, 0.25) is 0 Å². The molecule has 0 atom stereocenters. The minimum Gasteiger partial charge on any atom is -0.206 e. The van der Waals surface area contributed by atoms with Gasteiger partial charge >= 0.3 is 0 Å². The molecule has 13 aromatic rings. The number of hydrogen-bond acceptors (Lipinski definition) is 14. The van der Waals surface area contributed by atoms with Crippen LogP contribution in [0, 0.1) is 84.7 Å². The molecular weight excluding hydrogens is 1160 g/mol. The zero-order valence-corrected chi connectivity index (χ0v) is 49.5. The highest BCUT2D eigenvalue weighted by Crippen LogP contribution is 2.70. The molecule has 0 N–H and O–H groups in total. The Morgan fingerprint density at radius 3 is 1.06 bits per heavy atom. The van der Waals surface area contributed by atoms with E-state index >= 15 is 8.78 Å². The molecule has 0 amide bonds. The van der Waals surface area contributed by atoms with E-state index in [1.54, 1.807) is 22.7 Å². The number of allylic oxidation sites excluding steroid dienone is 2. The lowest BCUT2D eigenvalue weighted by molar-refractivity contribution is 0.559. The topological polar surface area (TPSA) is 147 Å². The van der Waals surface area contributed by atoms with Crippen LogP contribution in [0.5, 0.6) is 0 Å². The van der Waals surface area contributed by atoms with E-state index in [9.17, 15) is 21.0 Å². The molecule has 6 aromatic heterocycles. The van der Waals surface area contributed by atoms with Crippen LogP contribution in [0.15, 0.2) is 145 Å². The standard InChI is InChI=1S/C68H36F2N8S6/c1-33-5-15-41(16-6-33)67(42-17-7-34(2)8-18-42)53-51(65-55(67)63-49(81-65)27-47(79-63)45-23-13-39(25-37(29-71)30-72)59-61(45)77-83-75-59)58(70)54-52(57(53)69)66-56(68(54,43-19-9-35(3)10-20-43)44-21-11-36(4)12-22-44)64-50(82-66)28-48(80-64)46-24-14-40(26-38(31-73)32-74)60-62(46)78-84-76-60/h5-28H,1-4H3. The molecule has 7 aromatic carbocycles. The van der Waals surface area contributed by atoms with Crippen molar-refractivity contribution < 1.29 is 8.78 Å². The molecule has 84 heavy (non-hydrogen) atoms. The summed E-state index contributed by atoms with van der Waals surface area (Å²) in [6, 6.07) is 52.7. The fourth-order valence-electron chi connectivity index (χ4n) is 12.7. The van der Waals surface area contributed by atoms with Crippen LogP contribution in [-0.4, -0.2) is 17.5 Å².